The van der Waals surface area contributed by atoms with E-state index in [0.717, 1.165) is 43.5 Å². The summed E-state index contributed by atoms with van der Waals surface area (Å²) in [5, 5.41) is 21.2. The molecule has 1 aromatic carbocycles. The minimum Gasteiger partial charge on any atom is -0.391 e. The molecule has 1 aliphatic heterocycles. The molecule has 1 aliphatic carbocycles. The summed E-state index contributed by atoms with van der Waals surface area (Å²) in [6, 6.07) is 5.54. The number of hydrogen-bond donors (Lipinski definition) is 1. The monoisotopic (exact) mass is 276 g/mol. The van der Waals surface area contributed by atoms with Crippen molar-refractivity contribution in [2.45, 2.75) is 50.8 Å². The molecule has 0 saturated heterocycles. The van der Waals surface area contributed by atoms with E-state index in [-0.39, 0.29) is 22.8 Å². The van der Waals surface area contributed by atoms with Gasteiger partial charge in [0.25, 0.3) is 5.69 Å². The predicted octanol–water partition coefficient (Wildman–Crippen LogP) is 2.26. The first-order valence-electron chi connectivity index (χ1n) is 7.34. The van der Waals surface area contributed by atoms with Gasteiger partial charge in [-0.3, -0.25) is 15.0 Å². The second-order valence-electron chi connectivity index (χ2n) is 5.81. The van der Waals surface area contributed by atoms with Crippen LogP contribution in [0.15, 0.2) is 18.2 Å². The maximum atomic E-state index is 11.1. The Morgan fingerprint density at radius 2 is 2.10 bits per heavy atom. The van der Waals surface area contributed by atoms with Crippen molar-refractivity contribution in [2.75, 3.05) is 6.54 Å². The first kappa shape index (κ1) is 13.5. The van der Waals surface area contributed by atoms with E-state index in [2.05, 4.69) is 4.90 Å². The van der Waals surface area contributed by atoms with E-state index >= 15 is 0 Å². The fourth-order valence-corrected chi connectivity index (χ4v) is 3.58. The van der Waals surface area contributed by atoms with Crippen LogP contribution < -0.4 is 0 Å². The van der Waals surface area contributed by atoms with Crippen molar-refractivity contribution in [1.29, 1.82) is 0 Å². The van der Waals surface area contributed by atoms with Crippen LogP contribution in [0.4, 0.5) is 5.69 Å². The average molecular weight is 276 g/mol. The van der Waals surface area contributed by atoms with E-state index in [1.807, 2.05) is 6.07 Å². The van der Waals surface area contributed by atoms with Crippen molar-refractivity contribution < 1.29 is 10.0 Å². The smallest absolute Gasteiger partial charge is 0.272 e. The van der Waals surface area contributed by atoms with Gasteiger partial charge in [-0.2, -0.15) is 0 Å². The third-order valence-electron chi connectivity index (χ3n) is 4.63. The van der Waals surface area contributed by atoms with Crippen LogP contribution in [0.2, 0.25) is 0 Å². The lowest BCUT2D eigenvalue weighted by atomic mass is 9.88. The summed E-state index contributed by atoms with van der Waals surface area (Å²) in [6.07, 6.45) is 4.64. The first-order valence-corrected chi connectivity index (χ1v) is 7.34. The zero-order valence-electron chi connectivity index (χ0n) is 11.5. The molecule has 0 bridgehead atoms. The molecule has 5 heteroatoms. The van der Waals surface area contributed by atoms with Gasteiger partial charge in [-0.15, -0.1) is 0 Å². The molecule has 1 aromatic rings. The molecule has 0 amide bonds. The fraction of sp³-hybridized carbons (Fsp3) is 0.600. The van der Waals surface area contributed by atoms with Crippen LogP contribution in [0, 0.1) is 10.1 Å². The Bertz CT molecular complexity index is 518. The van der Waals surface area contributed by atoms with E-state index in [1.54, 1.807) is 12.1 Å². The lowest BCUT2D eigenvalue weighted by Crippen LogP contribution is -2.47. The Kier molecular flexibility index (Phi) is 3.72. The van der Waals surface area contributed by atoms with Crippen LogP contribution in [0.3, 0.4) is 0 Å². The summed E-state index contributed by atoms with van der Waals surface area (Å²) in [5.41, 5.74) is 2.16. The molecule has 2 unspecified atom stereocenters. The van der Waals surface area contributed by atoms with Crippen molar-refractivity contribution in [1.82, 2.24) is 4.90 Å². The van der Waals surface area contributed by atoms with Crippen LogP contribution in [0.1, 0.15) is 36.8 Å². The van der Waals surface area contributed by atoms with Crippen LogP contribution in [-0.2, 0) is 13.0 Å². The van der Waals surface area contributed by atoms with Gasteiger partial charge in [0.05, 0.1) is 11.0 Å². The fourth-order valence-electron chi connectivity index (χ4n) is 3.58. The van der Waals surface area contributed by atoms with Crippen molar-refractivity contribution in [3.8, 4) is 0 Å². The third kappa shape index (κ3) is 2.43. The van der Waals surface area contributed by atoms with Gasteiger partial charge in [0.15, 0.2) is 0 Å². The van der Waals surface area contributed by atoms with Crippen molar-refractivity contribution in [3.63, 3.8) is 0 Å². The van der Waals surface area contributed by atoms with Crippen LogP contribution in [-0.4, -0.2) is 33.6 Å². The van der Waals surface area contributed by atoms with Gasteiger partial charge in [-0.25, -0.2) is 0 Å². The number of aliphatic hydroxyl groups is 1. The molecule has 2 aliphatic rings. The van der Waals surface area contributed by atoms with Gasteiger partial charge in [-0.1, -0.05) is 25.0 Å². The number of benzene rings is 1. The first-order chi connectivity index (χ1) is 9.66. The minimum atomic E-state index is -0.288. The number of hydrogen-bond acceptors (Lipinski definition) is 4. The summed E-state index contributed by atoms with van der Waals surface area (Å²) in [7, 11) is 0. The van der Waals surface area contributed by atoms with Crippen molar-refractivity contribution in [2.24, 2.45) is 0 Å². The summed E-state index contributed by atoms with van der Waals surface area (Å²) < 4.78 is 0. The lowest BCUT2D eigenvalue weighted by molar-refractivity contribution is -0.385. The van der Waals surface area contributed by atoms with Gasteiger partial charge in [-0.05, 0) is 24.8 Å². The summed E-state index contributed by atoms with van der Waals surface area (Å²) in [6.45, 7) is 1.53. The van der Waals surface area contributed by atoms with E-state index in [9.17, 15) is 15.2 Å². The molecule has 108 valence electrons. The number of aliphatic hydroxyl groups excluding tert-OH is 1. The SMILES string of the molecule is O=[N+]([O-])c1cccc2c1CCN(C1CCCCC1O)C2. The molecule has 1 fully saturated rings. The van der Waals surface area contributed by atoms with Crippen LogP contribution in [0.5, 0.6) is 0 Å². The van der Waals surface area contributed by atoms with E-state index in [4.69, 9.17) is 0 Å². The molecule has 2 atom stereocenters. The molecular formula is C15H20N2O3. The highest BCUT2D eigenvalue weighted by Crippen LogP contribution is 2.31. The molecule has 0 aromatic heterocycles. The number of nitro groups is 1. The maximum absolute atomic E-state index is 11.1. The second kappa shape index (κ2) is 5.50. The standard InChI is InChI=1S/C15H20N2O3/c18-15-7-2-1-5-14(15)16-9-8-12-11(10-16)4-3-6-13(12)17(19)20/h3-4,6,14-15,18H,1-2,5,7-10H2. The topological polar surface area (TPSA) is 66.6 Å². The summed E-state index contributed by atoms with van der Waals surface area (Å²) in [5.74, 6) is 0. The normalized spacial score (nSPS) is 27.1. The number of nitrogens with zero attached hydrogens (tertiary/aromatic N) is 2. The molecule has 1 saturated carbocycles. The Balaban J connectivity index is 1.82. The Morgan fingerprint density at radius 3 is 2.85 bits per heavy atom. The molecule has 1 heterocycles. The van der Waals surface area contributed by atoms with Gasteiger partial charge in [0.2, 0.25) is 0 Å². The van der Waals surface area contributed by atoms with Crippen molar-refractivity contribution in [3.05, 3.63) is 39.4 Å². The molecular weight excluding hydrogens is 256 g/mol. The minimum absolute atomic E-state index is 0.219. The molecule has 3 rings (SSSR count). The second-order valence-corrected chi connectivity index (χ2v) is 5.81. The average Bonchev–Trinajstić information content (AvgIpc) is 2.46. The predicted molar refractivity (Wildman–Crippen MR) is 75.5 cm³/mol. The number of fused-ring (bicyclic) bond motifs is 1. The Hall–Kier alpha value is -1.46. The summed E-state index contributed by atoms with van der Waals surface area (Å²) in [4.78, 5) is 13.1. The van der Waals surface area contributed by atoms with Gasteiger partial charge < -0.3 is 5.11 Å². The van der Waals surface area contributed by atoms with E-state index < -0.39 is 0 Å². The van der Waals surface area contributed by atoms with Crippen LogP contribution in [0.25, 0.3) is 0 Å². The molecule has 1 N–H and O–H groups in total. The molecule has 20 heavy (non-hydrogen) atoms. The molecule has 0 spiro atoms. The Morgan fingerprint density at radius 1 is 1.30 bits per heavy atom. The van der Waals surface area contributed by atoms with Gasteiger partial charge >= 0.3 is 0 Å². The van der Waals surface area contributed by atoms with Gasteiger partial charge in [0.1, 0.15) is 0 Å². The molecule has 5 nitrogen and oxygen atoms in total. The zero-order valence-corrected chi connectivity index (χ0v) is 11.5. The van der Waals surface area contributed by atoms with E-state index in [0.29, 0.717) is 6.42 Å². The maximum Gasteiger partial charge on any atom is 0.272 e. The van der Waals surface area contributed by atoms with Gasteiger partial charge in [0, 0.05) is 30.8 Å². The van der Waals surface area contributed by atoms with Crippen LogP contribution >= 0.6 is 0 Å². The highest BCUT2D eigenvalue weighted by atomic mass is 16.6. The quantitative estimate of drug-likeness (QED) is 0.664. The highest BCUT2D eigenvalue weighted by molar-refractivity contribution is 5.46. The largest absolute Gasteiger partial charge is 0.391 e. The third-order valence-corrected chi connectivity index (χ3v) is 4.63. The van der Waals surface area contributed by atoms with E-state index in [1.165, 1.54) is 6.42 Å². The number of nitro benzene ring substituents is 1. The summed E-state index contributed by atoms with van der Waals surface area (Å²) >= 11 is 0. The number of rotatable bonds is 2. The van der Waals surface area contributed by atoms with Crippen molar-refractivity contribution >= 4 is 5.69 Å². The highest BCUT2D eigenvalue weighted by Gasteiger charge is 2.32. The lowest BCUT2D eigenvalue weighted by Gasteiger charge is -2.40. The zero-order chi connectivity index (χ0) is 14.1. The molecule has 0 radical (unpaired) electrons. The Labute approximate surface area is 118 Å².